The van der Waals surface area contributed by atoms with E-state index in [1.54, 1.807) is 19.2 Å². The molecule has 0 bridgehead atoms. The van der Waals surface area contributed by atoms with Crippen LogP contribution in [0.1, 0.15) is 18.1 Å². The Kier molecular flexibility index (Phi) is 5.97. The first kappa shape index (κ1) is 20.5. The molecule has 1 N–H and O–H groups in total. The Labute approximate surface area is 168 Å². The minimum Gasteiger partial charge on any atom is -0.497 e. The van der Waals surface area contributed by atoms with Crippen LogP contribution in [-0.4, -0.2) is 31.5 Å². The molecule has 7 nitrogen and oxygen atoms in total. The van der Waals surface area contributed by atoms with E-state index < -0.39 is 21.9 Å². The molecule has 29 heavy (non-hydrogen) atoms. The first-order chi connectivity index (χ1) is 13.8. The Hall–Kier alpha value is -3.20. The molecular formula is C20H20FN3O4S. The van der Waals surface area contributed by atoms with Crippen molar-refractivity contribution in [2.45, 2.75) is 20.0 Å². The third-order valence-electron chi connectivity index (χ3n) is 4.32. The van der Waals surface area contributed by atoms with Gasteiger partial charge in [-0.15, -0.1) is 4.40 Å². The van der Waals surface area contributed by atoms with Crippen LogP contribution < -0.4 is 10.1 Å². The molecule has 0 saturated heterocycles. The number of hydrogen-bond acceptors (Lipinski definition) is 4. The van der Waals surface area contributed by atoms with Crippen molar-refractivity contribution in [2.24, 2.45) is 4.40 Å². The number of amides is 1. The number of nitrogens with one attached hydrogen (secondary N) is 1. The summed E-state index contributed by atoms with van der Waals surface area (Å²) >= 11 is 0. The minimum absolute atomic E-state index is 0.0609. The third kappa shape index (κ3) is 5.00. The second kappa shape index (κ2) is 8.44. The van der Waals surface area contributed by atoms with Gasteiger partial charge in [-0.1, -0.05) is 24.3 Å². The van der Waals surface area contributed by atoms with E-state index in [2.05, 4.69) is 9.71 Å². The largest absolute Gasteiger partial charge is 0.497 e. The molecule has 0 saturated carbocycles. The van der Waals surface area contributed by atoms with Crippen molar-refractivity contribution in [3.8, 4) is 5.75 Å². The summed E-state index contributed by atoms with van der Waals surface area (Å²) in [5.74, 6) is -0.154. The lowest BCUT2D eigenvalue weighted by atomic mass is 10.1. The van der Waals surface area contributed by atoms with Crippen LogP contribution in [0.25, 0.3) is 0 Å². The molecule has 0 radical (unpaired) electrons. The predicted octanol–water partition coefficient (Wildman–Crippen LogP) is 2.56. The smallest absolute Gasteiger partial charge is 0.344 e. The van der Waals surface area contributed by atoms with E-state index in [9.17, 15) is 17.6 Å². The second-order valence-electron chi connectivity index (χ2n) is 6.40. The van der Waals surface area contributed by atoms with Crippen molar-refractivity contribution in [3.63, 3.8) is 0 Å². The number of methoxy groups -OCH3 is 1. The lowest BCUT2D eigenvalue weighted by Crippen LogP contribution is -2.35. The summed E-state index contributed by atoms with van der Waals surface area (Å²) < 4.78 is 47.5. The van der Waals surface area contributed by atoms with E-state index in [-0.39, 0.29) is 24.4 Å². The van der Waals surface area contributed by atoms with Crippen molar-refractivity contribution in [2.75, 3.05) is 7.11 Å². The SMILES string of the molecule is COc1ccc(CNC(=O)C2=CN(Cc3ccc(F)cc3)S(=O)(=O)N=C2C)cc1. The summed E-state index contributed by atoms with van der Waals surface area (Å²) in [5, 5.41) is 2.76. The fraction of sp³-hybridized carbons (Fsp3) is 0.200. The molecule has 152 valence electrons. The number of rotatable bonds is 6. The van der Waals surface area contributed by atoms with E-state index >= 15 is 0 Å². The van der Waals surface area contributed by atoms with E-state index in [0.29, 0.717) is 11.3 Å². The highest BCUT2D eigenvalue weighted by Gasteiger charge is 2.28. The van der Waals surface area contributed by atoms with Crippen molar-refractivity contribution >= 4 is 21.8 Å². The number of carbonyl (C=O) groups excluding carboxylic acids is 1. The van der Waals surface area contributed by atoms with Gasteiger partial charge in [0.15, 0.2) is 0 Å². The van der Waals surface area contributed by atoms with Crippen molar-refractivity contribution < 1.29 is 22.3 Å². The molecule has 9 heteroatoms. The molecule has 3 rings (SSSR count). The van der Waals surface area contributed by atoms with Gasteiger partial charge in [-0.3, -0.25) is 9.10 Å². The molecule has 0 fully saturated rings. The van der Waals surface area contributed by atoms with Gasteiger partial charge >= 0.3 is 10.2 Å². The van der Waals surface area contributed by atoms with Crippen LogP contribution in [0.4, 0.5) is 4.39 Å². The summed E-state index contributed by atoms with van der Waals surface area (Å²) in [6.45, 7) is 1.67. The average Bonchev–Trinajstić information content (AvgIpc) is 2.69. The number of nitrogens with zero attached hydrogens (tertiary/aromatic N) is 2. The Balaban J connectivity index is 1.74. The first-order valence-electron chi connectivity index (χ1n) is 8.74. The molecule has 2 aromatic rings. The van der Waals surface area contributed by atoms with Gasteiger partial charge in [-0.25, -0.2) is 4.39 Å². The molecule has 0 aliphatic carbocycles. The van der Waals surface area contributed by atoms with Crippen LogP contribution in [0.15, 0.2) is 64.7 Å². The maximum Gasteiger partial charge on any atom is 0.344 e. The molecule has 1 amide bonds. The highest BCUT2D eigenvalue weighted by Crippen LogP contribution is 2.20. The fourth-order valence-corrected chi connectivity index (χ4v) is 3.82. The van der Waals surface area contributed by atoms with Crippen molar-refractivity contribution in [3.05, 3.63) is 77.2 Å². The Morgan fingerprint density at radius 1 is 1.10 bits per heavy atom. The summed E-state index contributed by atoms with van der Waals surface area (Å²) in [5.41, 5.74) is 1.68. The molecule has 0 aromatic heterocycles. The molecule has 2 aromatic carbocycles. The highest BCUT2D eigenvalue weighted by atomic mass is 32.2. The minimum atomic E-state index is -3.97. The standard InChI is InChI=1S/C20H20FN3O4S/c1-14-19(20(25)22-11-15-5-9-18(28-2)10-6-15)13-24(29(26,27)23-14)12-16-3-7-17(21)8-4-16/h3-10,13H,11-12H2,1-2H3,(H,22,25). The normalized spacial score (nSPS) is 15.3. The second-order valence-corrected chi connectivity index (χ2v) is 7.95. The van der Waals surface area contributed by atoms with Crippen LogP contribution in [-0.2, 0) is 28.1 Å². The van der Waals surface area contributed by atoms with Crippen LogP contribution in [0, 0.1) is 5.82 Å². The lowest BCUT2D eigenvalue weighted by molar-refractivity contribution is -0.117. The van der Waals surface area contributed by atoms with E-state index in [4.69, 9.17) is 4.74 Å². The summed E-state index contributed by atoms with van der Waals surface area (Å²) in [6, 6.07) is 12.6. The maximum absolute atomic E-state index is 13.1. The quantitative estimate of drug-likeness (QED) is 0.783. The van der Waals surface area contributed by atoms with Crippen molar-refractivity contribution in [1.82, 2.24) is 9.62 Å². The fourth-order valence-electron chi connectivity index (χ4n) is 2.72. The van der Waals surface area contributed by atoms with Gasteiger partial charge in [0.25, 0.3) is 5.91 Å². The van der Waals surface area contributed by atoms with Gasteiger partial charge in [0.05, 0.1) is 24.9 Å². The number of carbonyl (C=O) groups is 1. The number of hydrogen-bond donors (Lipinski definition) is 1. The van der Waals surface area contributed by atoms with Gasteiger partial charge in [0.1, 0.15) is 11.6 Å². The molecule has 1 aliphatic heterocycles. The summed E-state index contributed by atoms with van der Waals surface area (Å²) in [4.78, 5) is 12.6. The van der Waals surface area contributed by atoms with E-state index in [1.807, 2.05) is 12.1 Å². The van der Waals surface area contributed by atoms with Crippen LogP contribution >= 0.6 is 0 Å². The predicted molar refractivity (Wildman–Crippen MR) is 107 cm³/mol. The zero-order valence-electron chi connectivity index (χ0n) is 15.9. The van der Waals surface area contributed by atoms with Crippen LogP contribution in [0.2, 0.25) is 0 Å². The number of benzene rings is 2. The van der Waals surface area contributed by atoms with Crippen LogP contribution in [0.3, 0.4) is 0 Å². The molecule has 1 aliphatic rings. The molecular weight excluding hydrogens is 397 g/mol. The highest BCUT2D eigenvalue weighted by molar-refractivity contribution is 7.88. The monoisotopic (exact) mass is 417 g/mol. The van der Waals surface area contributed by atoms with Gasteiger partial charge in [0, 0.05) is 12.7 Å². The maximum atomic E-state index is 13.1. The Morgan fingerprint density at radius 3 is 2.34 bits per heavy atom. The first-order valence-corrected chi connectivity index (χ1v) is 10.1. The summed E-state index contributed by atoms with van der Waals surface area (Å²) in [7, 11) is -2.40. The molecule has 0 atom stereocenters. The van der Waals surface area contributed by atoms with Gasteiger partial charge in [0.2, 0.25) is 0 Å². The van der Waals surface area contributed by atoms with Crippen LogP contribution in [0.5, 0.6) is 5.75 Å². The molecule has 0 spiro atoms. The van der Waals surface area contributed by atoms with Gasteiger partial charge in [-0.2, -0.15) is 8.42 Å². The van der Waals surface area contributed by atoms with Gasteiger partial charge in [-0.05, 0) is 42.3 Å². The topological polar surface area (TPSA) is 88.1 Å². The summed E-state index contributed by atoms with van der Waals surface area (Å²) in [6.07, 6.45) is 1.25. The number of halogens is 1. The lowest BCUT2D eigenvalue weighted by Gasteiger charge is -2.23. The van der Waals surface area contributed by atoms with Crippen molar-refractivity contribution in [1.29, 1.82) is 0 Å². The van der Waals surface area contributed by atoms with E-state index in [0.717, 1.165) is 9.87 Å². The van der Waals surface area contributed by atoms with Gasteiger partial charge < -0.3 is 10.1 Å². The van der Waals surface area contributed by atoms with E-state index in [1.165, 1.54) is 37.4 Å². The Bertz CT molecular complexity index is 1060. The average molecular weight is 417 g/mol. The zero-order valence-corrected chi connectivity index (χ0v) is 16.7. The zero-order chi connectivity index (χ0) is 21.0. The molecule has 0 unspecified atom stereocenters. The number of ether oxygens (including phenoxy) is 1. The Morgan fingerprint density at radius 2 is 1.72 bits per heavy atom. The molecule has 1 heterocycles. The third-order valence-corrected chi connectivity index (χ3v) is 5.65.